The fourth-order valence-electron chi connectivity index (χ4n) is 2.10. The van der Waals surface area contributed by atoms with Crippen LogP contribution in [0.3, 0.4) is 0 Å². The highest BCUT2D eigenvalue weighted by Gasteiger charge is 2.23. The van der Waals surface area contributed by atoms with Crippen molar-refractivity contribution in [2.75, 3.05) is 6.26 Å². The topological polar surface area (TPSA) is 0 Å². The molecule has 0 N–H and O–H groups in total. The molecular formula is C11H16S2. The molecule has 0 saturated heterocycles. The van der Waals surface area contributed by atoms with Gasteiger partial charge in [-0.3, -0.25) is 0 Å². The van der Waals surface area contributed by atoms with Crippen LogP contribution in [0.15, 0.2) is 22.1 Å². The zero-order valence-electron chi connectivity index (χ0n) is 8.30. The maximum absolute atomic E-state index is 2.41. The Morgan fingerprint density at radius 3 is 2.92 bits per heavy atom. The first-order valence-corrected chi connectivity index (χ1v) is 7.07. The predicted molar refractivity (Wildman–Crippen MR) is 64.1 cm³/mol. The van der Waals surface area contributed by atoms with Crippen molar-refractivity contribution in [3.8, 4) is 0 Å². The molecule has 0 radical (unpaired) electrons. The van der Waals surface area contributed by atoms with E-state index < -0.39 is 0 Å². The second-order valence-electron chi connectivity index (χ2n) is 3.70. The van der Waals surface area contributed by atoms with Crippen molar-refractivity contribution in [3.05, 3.63) is 22.1 Å². The van der Waals surface area contributed by atoms with Gasteiger partial charge in [-0.25, -0.2) is 0 Å². The largest absolute Gasteiger partial charge is 0.146 e. The van der Waals surface area contributed by atoms with E-state index in [-0.39, 0.29) is 0 Å². The Hall–Kier alpha value is 0.180. The fourth-order valence-corrected chi connectivity index (χ4v) is 4.45. The molecule has 72 valence electrons. The lowest BCUT2D eigenvalue weighted by Gasteiger charge is -2.29. The van der Waals surface area contributed by atoms with Gasteiger partial charge in [0.1, 0.15) is 0 Å². The van der Waals surface area contributed by atoms with Crippen LogP contribution in [-0.4, -0.2) is 10.8 Å². The van der Waals surface area contributed by atoms with Gasteiger partial charge in [-0.05, 0) is 61.0 Å². The molecule has 2 aliphatic rings. The SMILES string of the molecule is CSC1SC(C)=CC2=C1CCCC2. The zero-order valence-corrected chi connectivity index (χ0v) is 9.93. The highest BCUT2D eigenvalue weighted by Crippen LogP contribution is 2.44. The maximum Gasteiger partial charge on any atom is 0.0758 e. The molecule has 0 bridgehead atoms. The summed E-state index contributed by atoms with van der Waals surface area (Å²) in [6.45, 7) is 2.24. The van der Waals surface area contributed by atoms with E-state index in [0.29, 0.717) is 0 Å². The maximum atomic E-state index is 2.41. The Morgan fingerprint density at radius 1 is 1.38 bits per heavy atom. The minimum Gasteiger partial charge on any atom is -0.146 e. The third-order valence-electron chi connectivity index (χ3n) is 2.72. The smallest absolute Gasteiger partial charge is 0.0758 e. The Balaban J connectivity index is 2.28. The predicted octanol–water partition coefficient (Wildman–Crippen LogP) is 4.20. The second-order valence-corrected chi connectivity index (χ2v) is 6.29. The molecule has 1 heterocycles. The highest BCUT2D eigenvalue weighted by atomic mass is 32.2. The van der Waals surface area contributed by atoms with E-state index in [2.05, 4.69) is 19.3 Å². The van der Waals surface area contributed by atoms with Gasteiger partial charge < -0.3 is 0 Å². The third-order valence-corrected chi connectivity index (χ3v) is 5.29. The van der Waals surface area contributed by atoms with Crippen molar-refractivity contribution in [3.63, 3.8) is 0 Å². The summed E-state index contributed by atoms with van der Waals surface area (Å²) in [5.41, 5.74) is 3.39. The zero-order chi connectivity index (χ0) is 9.26. The number of hydrogen-bond acceptors (Lipinski definition) is 2. The van der Waals surface area contributed by atoms with Gasteiger partial charge in [0.25, 0.3) is 0 Å². The second kappa shape index (κ2) is 4.14. The fraction of sp³-hybridized carbons (Fsp3) is 0.636. The van der Waals surface area contributed by atoms with Gasteiger partial charge >= 0.3 is 0 Å². The van der Waals surface area contributed by atoms with E-state index in [4.69, 9.17) is 0 Å². The van der Waals surface area contributed by atoms with Crippen LogP contribution in [0.25, 0.3) is 0 Å². The molecule has 1 unspecified atom stereocenters. The Bertz CT molecular complexity index is 263. The summed E-state index contributed by atoms with van der Waals surface area (Å²) < 4.78 is 0.722. The van der Waals surface area contributed by atoms with Crippen molar-refractivity contribution in [1.29, 1.82) is 0 Å². The van der Waals surface area contributed by atoms with E-state index in [9.17, 15) is 0 Å². The molecule has 1 aliphatic carbocycles. The van der Waals surface area contributed by atoms with E-state index in [1.165, 1.54) is 30.6 Å². The van der Waals surface area contributed by atoms with Gasteiger partial charge in [0, 0.05) is 0 Å². The Morgan fingerprint density at radius 2 is 2.15 bits per heavy atom. The molecule has 0 amide bonds. The first-order chi connectivity index (χ1) is 6.31. The monoisotopic (exact) mass is 212 g/mol. The van der Waals surface area contributed by atoms with Crippen LogP contribution in [0.2, 0.25) is 0 Å². The summed E-state index contributed by atoms with van der Waals surface area (Å²) >= 11 is 4.04. The van der Waals surface area contributed by atoms with Gasteiger partial charge in [-0.15, -0.1) is 23.5 Å². The molecule has 2 heteroatoms. The molecule has 0 fully saturated rings. The Labute approximate surface area is 89.2 Å². The van der Waals surface area contributed by atoms with E-state index >= 15 is 0 Å². The standard InChI is InChI=1S/C11H16S2/c1-8-7-9-5-3-4-6-10(9)11(12-2)13-8/h7,11H,3-6H2,1-2H3. The normalized spacial score (nSPS) is 28.5. The number of thioether (sulfide) groups is 2. The number of allylic oxidation sites excluding steroid dienone is 3. The molecule has 0 aromatic carbocycles. The van der Waals surface area contributed by atoms with Gasteiger partial charge in [-0.1, -0.05) is 0 Å². The van der Waals surface area contributed by atoms with Crippen LogP contribution in [0.5, 0.6) is 0 Å². The van der Waals surface area contributed by atoms with Gasteiger partial charge in [0.15, 0.2) is 0 Å². The summed E-state index contributed by atoms with van der Waals surface area (Å²) in [4.78, 5) is 1.50. The number of hydrogen-bond donors (Lipinski definition) is 0. The molecule has 13 heavy (non-hydrogen) atoms. The molecule has 0 spiro atoms. The first-order valence-electron chi connectivity index (χ1n) is 4.91. The van der Waals surface area contributed by atoms with Crippen molar-refractivity contribution in [2.24, 2.45) is 0 Å². The highest BCUT2D eigenvalue weighted by molar-refractivity contribution is 8.18. The summed E-state index contributed by atoms with van der Waals surface area (Å²) in [6.07, 6.45) is 10.1. The third kappa shape index (κ3) is 1.99. The van der Waals surface area contributed by atoms with E-state index in [1.807, 2.05) is 23.5 Å². The molecule has 1 atom stereocenters. The summed E-state index contributed by atoms with van der Waals surface area (Å²) in [6, 6.07) is 0. The van der Waals surface area contributed by atoms with Gasteiger partial charge in [-0.2, -0.15) is 0 Å². The molecule has 2 rings (SSSR count). The van der Waals surface area contributed by atoms with Crippen LogP contribution in [0.1, 0.15) is 32.6 Å². The van der Waals surface area contributed by atoms with Crippen LogP contribution < -0.4 is 0 Å². The quantitative estimate of drug-likeness (QED) is 0.639. The van der Waals surface area contributed by atoms with Crippen LogP contribution in [0, 0.1) is 0 Å². The van der Waals surface area contributed by atoms with Crippen molar-refractivity contribution >= 4 is 23.5 Å². The lowest BCUT2D eigenvalue weighted by atomic mass is 9.92. The summed E-state index contributed by atoms with van der Waals surface area (Å²) in [5.74, 6) is 0. The average Bonchev–Trinajstić information content (AvgIpc) is 2.16. The number of rotatable bonds is 1. The molecule has 0 aromatic rings. The van der Waals surface area contributed by atoms with Crippen molar-refractivity contribution in [2.45, 2.75) is 37.2 Å². The first kappa shape index (κ1) is 9.72. The Kier molecular flexibility index (Phi) is 3.10. The van der Waals surface area contributed by atoms with Gasteiger partial charge in [0.2, 0.25) is 0 Å². The average molecular weight is 212 g/mol. The van der Waals surface area contributed by atoms with Crippen molar-refractivity contribution in [1.82, 2.24) is 0 Å². The van der Waals surface area contributed by atoms with Gasteiger partial charge in [0.05, 0.1) is 4.58 Å². The van der Waals surface area contributed by atoms with E-state index in [1.54, 1.807) is 11.1 Å². The minimum atomic E-state index is 0.722. The van der Waals surface area contributed by atoms with E-state index in [0.717, 1.165) is 4.58 Å². The molecule has 1 aliphatic heterocycles. The lowest BCUT2D eigenvalue weighted by Crippen LogP contribution is -2.12. The van der Waals surface area contributed by atoms with Crippen LogP contribution >= 0.6 is 23.5 Å². The molecule has 0 saturated carbocycles. The van der Waals surface area contributed by atoms with Crippen LogP contribution in [-0.2, 0) is 0 Å². The van der Waals surface area contributed by atoms with Crippen LogP contribution in [0.4, 0.5) is 0 Å². The lowest BCUT2D eigenvalue weighted by molar-refractivity contribution is 0.679. The van der Waals surface area contributed by atoms with Crippen molar-refractivity contribution < 1.29 is 0 Å². The summed E-state index contributed by atoms with van der Waals surface area (Å²) in [7, 11) is 0. The molecule has 0 nitrogen and oxygen atoms in total. The minimum absolute atomic E-state index is 0.722. The molecule has 0 aromatic heterocycles. The molecular weight excluding hydrogens is 196 g/mol. The summed E-state index contributed by atoms with van der Waals surface area (Å²) in [5, 5.41) is 0.